The lowest BCUT2D eigenvalue weighted by molar-refractivity contribution is 0.0814. The Morgan fingerprint density at radius 1 is 1.20 bits per heavy atom. The van der Waals surface area contributed by atoms with Gasteiger partial charge in [0.2, 0.25) is 4.27 Å². The zero-order valence-corrected chi connectivity index (χ0v) is 17.1. The van der Waals surface area contributed by atoms with Crippen LogP contribution in [0.1, 0.15) is 63.9 Å². The normalized spacial score (nSPS) is 30.2. The minimum atomic E-state index is -0.0623. The molecule has 1 aromatic rings. The van der Waals surface area contributed by atoms with Gasteiger partial charge in [0.15, 0.2) is 0 Å². The summed E-state index contributed by atoms with van der Waals surface area (Å²) in [7, 11) is 0. The molecular formula is C21H30O2S2. The molecule has 3 unspecified atom stereocenters. The highest BCUT2D eigenvalue weighted by atomic mass is 32.2. The van der Waals surface area contributed by atoms with E-state index in [0.29, 0.717) is 18.4 Å². The fraction of sp³-hybridized carbons (Fsp3) is 0.714. The minimum Gasteiger partial charge on any atom is -0.494 e. The van der Waals surface area contributed by atoms with Crippen molar-refractivity contribution in [3.8, 4) is 11.5 Å². The van der Waals surface area contributed by atoms with Crippen molar-refractivity contribution in [2.45, 2.75) is 62.6 Å². The predicted octanol–water partition coefficient (Wildman–Crippen LogP) is 6.30. The molecule has 0 radical (unpaired) electrons. The highest BCUT2D eigenvalue weighted by Gasteiger charge is 2.53. The van der Waals surface area contributed by atoms with E-state index in [1.54, 1.807) is 0 Å². The Morgan fingerprint density at radius 3 is 2.80 bits per heavy atom. The lowest BCUT2D eigenvalue weighted by Gasteiger charge is -2.52. The van der Waals surface area contributed by atoms with Crippen molar-refractivity contribution < 1.29 is 9.47 Å². The van der Waals surface area contributed by atoms with Crippen LogP contribution in [-0.2, 0) is 0 Å². The average Bonchev–Trinajstić information content (AvgIpc) is 2.63. The summed E-state index contributed by atoms with van der Waals surface area (Å²) in [5, 5.41) is 0. The fourth-order valence-electron chi connectivity index (χ4n) is 4.89. The third-order valence-corrected chi connectivity index (χ3v) is 9.22. The molecule has 4 rings (SSSR count). The van der Waals surface area contributed by atoms with Crippen LogP contribution in [0.15, 0.2) is 18.2 Å². The van der Waals surface area contributed by atoms with Gasteiger partial charge >= 0.3 is 0 Å². The molecule has 2 fully saturated rings. The molecule has 1 saturated heterocycles. The molecule has 25 heavy (non-hydrogen) atoms. The first-order chi connectivity index (χ1) is 12.3. The molecule has 2 nitrogen and oxygen atoms in total. The van der Waals surface area contributed by atoms with Gasteiger partial charge < -0.3 is 9.47 Å². The van der Waals surface area contributed by atoms with Gasteiger partial charge in [-0.25, -0.2) is 0 Å². The minimum absolute atomic E-state index is 0.0623. The van der Waals surface area contributed by atoms with E-state index >= 15 is 0 Å². The van der Waals surface area contributed by atoms with Gasteiger partial charge in [0.25, 0.3) is 0 Å². The molecule has 3 atom stereocenters. The van der Waals surface area contributed by atoms with Crippen LogP contribution in [-0.4, -0.2) is 22.4 Å². The van der Waals surface area contributed by atoms with Crippen molar-refractivity contribution in [2.24, 2.45) is 11.8 Å². The van der Waals surface area contributed by atoms with Crippen LogP contribution in [0.4, 0.5) is 0 Å². The van der Waals surface area contributed by atoms with E-state index in [9.17, 15) is 0 Å². The zero-order chi connectivity index (χ0) is 17.3. The van der Waals surface area contributed by atoms with E-state index in [4.69, 9.17) is 9.47 Å². The molecule has 1 aliphatic carbocycles. The Morgan fingerprint density at radius 2 is 2.04 bits per heavy atom. The molecule has 0 bridgehead atoms. The van der Waals surface area contributed by atoms with Gasteiger partial charge in [-0.3, -0.25) is 0 Å². The summed E-state index contributed by atoms with van der Waals surface area (Å²) in [5.74, 6) is 6.69. The van der Waals surface area contributed by atoms with Gasteiger partial charge in [-0.05, 0) is 67.6 Å². The van der Waals surface area contributed by atoms with Crippen molar-refractivity contribution in [3.63, 3.8) is 0 Å². The molecule has 1 aromatic carbocycles. The molecule has 3 aliphatic rings. The number of thioether (sulfide) groups is 2. The van der Waals surface area contributed by atoms with E-state index in [0.717, 1.165) is 17.4 Å². The largest absolute Gasteiger partial charge is 0.494 e. The summed E-state index contributed by atoms with van der Waals surface area (Å²) in [6.07, 6.45) is 8.04. The Balaban J connectivity index is 1.69. The standard InChI is InChI=1S/C21H30O2S2/c1-3-6-15-7-9-17-18-10-8-16(22-4-2)14-20(18)23-21(19(17)13-15)24-11-5-12-25-21/h8,10,14-15,17,19H,3-7,9,11-13H2,1-2H3. The maximum Gasteiger partial charge on any atom is 0.205 e. The van der Waals surface area contributed by atoms with Crippen LogP contribution >= 0.6 is 23.5 Å². The SMILES string of the molecule is CCCC1CCC2c3ccc(OCC)cc3OC3(SCCCS3)C2C1. The number of rotatable bonds is 4. The molecule has 2 heterocycles. The van der Waals surface area contributed by atoms with Crippen LogP contribution < -0.4 is 9.47 Å². The summed E-state index contributed by atoms with van der Waals surface area (Å²) >= 11 is 4.15. The first-order valence-electron chi connectivity index (χ1n) is 9.99. The number of fused-ring (bicyclic) bond motifs is 4. The van der Waals surface area contributed by atoms with E-state index in [1.165, 1.54) is 55.6 Å². The van der Waals surface area contributed by atoms with Crippen LogP contribution in [0.3, 0.4) is 0 Å². The van der Waals surface area contributed by atoms with E-state index in [2.05, 4.69) is 48.6 Å². The van der Waals surface area contributed by atoms with Gasteiger partial charge in [0.05, 0.1) is 6.61 Å². The van der Waals surface area contributed by atoms with Gasteiger partial charge in [-0.15, -0.1) is 23.5 Å². The third kappa shape index (κ3) is 3.41. The molecule has 4 heteroatoms. The smallest absolute Gasteiger partial charge is 0.205 e. The Labute approximate surface area is 160 Å². The van der Waals surface area contributed by atoms with Crippen LogP contribution in [0, 0.1) is 11.8 Å². The van der Waals surface area contributed by atoms with E-state index in [-0.39, 0.29) is 4.27 Å². The third-order valence-electron chi connectivity index (χ3n) is 5.95. The summed E-state index contributed by atoms with van der Waals surface area (Å²) in [5.41, 5.74) is 1.43. The molecule has 2 aliphatic heterocycles. The van der Waals surface area contributed by atoms with E-state index in [1.807, 2.05) is 6.92 Å². The maximum absolute atomic E-state index is 6.79. The monoisotopic (exact) mass is 378 g/mol. The van der Waals surface area contributed by atoms with Crippen LogP contribution in [0.25, 0.3) is 0 Å². The maximum atomic E-state index is 6.79. The van der Waals surface area contributed by atoms with Gasteiger partial charge in [-0.1, -0.05) is 25.8 Å². The zero-order valence-electron chi connectivity index (χ0n) is 15.5. The van der Waals surface area contributed by atoms with Gasteiger partial charge in [0.1, 0.15) is 11.5 Å². The second-order valence-electron chi connectivity index (χ2n) is 7.57. The molecule has 1 saturated carbocycles. The number of hydrogen-bond donors (Lipinski definition) is 0. The quantitative estimate of drug-likeness (QED) is 0.611. The molecule has 0 amide bonds. The molecule has 0 N–H and O–H groups in total. The lowest BCUT2D eigenvalue weighted by atomic mass is 9.69. The summed E-state index contributed by atoms with van der Waals surface area (Å²) < 4.78 is 12.5. The number of hydrogen-bond acceptors (Lipinski definition) is 4. The van der Waals surface area contributed by atoms with Gasteiger partial charge in [0, 0.05) is 12.0 Å². The molecule has 0 aromatic heterocycles. The second-order valence-corrected chi connectivity index (χ2v) is 10.4. The predicted molar refractivity (Wildman–Crippen MR) is 109 cm³/mol. The average molecular weight is 379 g/mol. The van der Waals surface area contributed by atoms with Crippen LogP contribution in [0.5, 0.6) is 11.5 Å². The highest BCUT2D eigenvalue weighted by molar-refractivity contribution is 8.18. The van der Waals surface area contributed by atoms with Crippen molar-refractivity contribution in [1.29, 1.82) is 0 Å². The Hall–Kier alpha value is -0.480. The summed E-state index contributed by atoms with van der Waals surface area (Å²) in [6, 6.07) is 6.56. The Bertz CT molecular complexity index is 598. The highest BCUT2D eigenvalue weighted by Crippen LogP contribution is 2.62. The lowest BCUT2D eigenvalue weighted by Crippen LogP contribution is -2.48. The first-order valence-corrected chi connectivity index (χ1v) is 12.0. The topological polar surface area (TPSA) is 18.5 Å². The second kappa shape index (κ2) is 7.64. The van der Waals surface area contributed by atoms with Crippen molar-refractivity contribution in [1.82, 2.24) is 0 Å². The van der Waals surface area contributed by atoms with Crippen LogP contribution in [0.2, 0.25) is 0 Å². The molecule has 1 spiro atoms. The number of benzene rings is 1. The first kappa shape index (κ1) is 17.9. The fourth-order valence-corrected chi connectivity index (χ4v) is 8.30. The molecular weight excluding hydrogens is 348 g/mol. The summed E-state index contributed by atoms with van der Waals surface area (Å²) in [4.78, 5) is 0. The van der Waals surface area contributed by atoms with E-state index < -0.39 is 0 Å². The van der Waals surface area contributed by atoms with Gasteiger partial charge in [-0.2, -0.15) is 0 Å². The Kier molecular flexibility index (Phi) is 5.47. The summed E-state index contributed by atoms with van der Waals surface area (Å²) in [6.45, 7) is 5.08. The molecule has 138 valence electrons. The van der Waals surface area contributed by atoms with Crippen molar-refractivity contribution in [3.05, 3.63) is 23.8 Å². The number of ether oxygens (including phenoxy) is 2. The van der Waals surface area contributed by atoms with Crippen molar-refractivity contribution >= 4 is 23.5 Å². The van der Waals surface area contributed by atoms with Crippen molar-refractivity contribution in [2.75, 3.05) is 18.1 Å².